The Morgan fingerprint density at radius 1 is 1.00 bits per heavy atom. The Balaban J connectivity index is 1.52. The van der Waals surface area contributed by atoms with Crippen LogP contribution in [-0.2, 0) is 32.6 Å². The Hall–Kier alpha value is -4.28. The largest absolute Gasteiger partial charge is 0.480 e. The van der Waals surface area contributed by atoms with Crippen molar-refractivity contribution in [3.05, 3.63) is 101 Å². The highest BCUT2D eigenvalue weighted by atomic mass is 32.2. The summed E-state index contributed by atoms with van der Waals surface area (Å²) >= 11 is 0. The fourth-order valence-corrected chi connectivity index (χ4v) is 4.82. The lowest BCUT2D eigenvalue weighted by atomic mass is 9.93. The molecule has 0 radical (unpaired) electrons. The lowest BCUT2D eigenvalue weighted by molar-refractivity contribution is -0.139. The summed E-state index contributed by atoms with van der Waals surface area (Å²) in [5.74, 6) is -1.19. The van der Waals surface area contributed by atoms with Crippen molar-refractivity contribution in [3.63, 3.8) is 0 Å². The molecule has 40 heavy (non-hydrogen) atoms. The molecule has 0 saturated carbocycles. The molecule has 10 heteroatoms. The Morgan fingerprint density at radius 3 is 2.42 bits per heavy atom. The molecular formula is C30H30N2O7S. The summed E-state index contributed by atoms with van der Waals surface area (Å²) in [6, 6.07) is 20.9. The van der Waals surface area contributed by atoms with Gasteiger partial charge in [-0.05, 0) is 59.9 Å². The summed E-state index contributed by atoms with van der Waals surface area (Å²) < 4.78 is 34.7. The van der Waals surface area contributed by atoms with E-state index in [1.807, 2.05) is 67.6 Å². The zero-order valence-corrected chi connectivity index (χ0v) is 23.0. The van der Waals surface area contributed by atoms with E-state index in [4.69, 9.17) is 9.15 Å². The summed E-state index contributed by atoms with van der Waals surface area (Å²) in [4.78, 5) is 29.3. The van der Waals surface area contributed by atoms with Crippen molar-refractivity contribution >= 4 is 21.7 Å². The molecule has 1 unspecified atom stereocenters. The average molecular weight is 563 g/mol. The minimum atomic E-state index is -3.40. The van der Waals surface area contributed by atoms with E-state index in [0.29, 0.717) is 17.2 Å². The molecule has 9 nitrogen and oxygen atoms in total. The second-order valence-electron chi connectivity index (χ2n) is 9.47. The van der Waals surface area contributed by atoms with Gasteiger partial charge in [-0.15, -0.1) is 0 Å². The number of amides is 1. The lowest BCUT2D eigenvalue weighted by Crippen LogP contribution is -2.42. The van der Waals surface area contributed by atoms with Gasteiger partial charge in [-0.3, -0.25) is 4.79 Å². The number of carbonyl (C=O) groups excluding carboxylic acids is 1. The number of carboxylic acid groups (broad SMARTS) is 1. The number of oxazole rings is 1. The predicted molar refractivity (Wildman–Crippen MR) is 150 cm³/mol. The molecule has 0 bridgehead atoms. The molecule has 1 aromatic heterocycles. The van der Waals surface area contributed by atoms with Gasteiger partial charge < -0.3 is 19.6 Å². The Kier molecular flexibility index (Phi) is 9.13. The van der Waals surface area contributed by atoms with Crippen LogP contribution in [0.3, 0.4) is 0 Å². The third-order valence-corrected chi connectivity index (χ3v) is 7.21. The first-order valence-electron chi connectivity index (χ1n) is 12.6. The molecule has 1 amide bonds. The van der Waals surface area contributed by atoms with E-state index >= 15 is 0 Å². The third-order valence-electron chi connectivity index (χ3n) is 6.23. The molecule has 0 saturated heterocycles. The molecule has 1 atom stereocenters. The maximum Gasteiger partial charge on any atom is 0.326 e. The van der Waals surface area contributed by atoms with Crippen LogP contribution in [0, 0.1) is 6.92 Å². The van der Waals surface area contributed by atoms with Crippen LogP contribution in [0.1, 0.15) is 33.7 Å². The topological polar surface area (TPSA) is 136 Å². The van der Waals surface area contributed by atoms with Crippen LogP contribution in [-0.4, -0.2) is 48.4 Å². The highest BCUT2D eigenvalue weighted by molar-refractivity contribution is 7.90. The second kappa shape index (κ2) is 12.7. The molecule has 3 aromatic carbocycles. The number of nitrogens with zero attached hydrogens (tertiary/aromatic N) is 1. The highest BCUT2D eigenvalue weighted by Gasteiger charge is 2.24. The van der Waals surface area contributed by atoms with Crippen LogP contribution in [0.5, 0.6) is 0 Å². The summed E-state index contributed by atoms with van der Waals surface area (Å²) in [5.41, 5.74) is 4.27. The second-order valence-corrected chi connectivity index (χ2v) is 11.7. The number of benzene rings is 3. The highest BCUT2D eigenvalue weighted by Crippen LogP contribution is 2.29. The minimum Gasteiger partial charge on any atom is -0.480 e. The van der Waals surface area contributed by atoms with Gasteiger partial charge in [-0.25, -0.2) is 18.2 Å². The van der Waals surface area contributed by atoms with E-state index in [-0.39, 0.29) is 31.0 Å². The predicted octanol–water partition coefficient (Wildman–Crippen LogP) is 4.65. The fourth-order valence-electron chi connectivity index (χ4n) is 4.16. The molecular weight excluding hydrogens is 532 g/mol. The van der Waals surface area contributed by atoms with Gasteiger partial charge in [0.2, 0.25) is 5.89 Å². The van der Waals surface area contributed by atoms with Gasteiger partial charge in [0.05, 0.1) is 18.6 Å². The summed E-state index contributed by atoms with van der Waals surface area (Å²) in [5, 5.41) is 12.0. The van der Waals surface area contributed by atoms with Crippen molar-refractivity contribution in [1.82, 2.24) is 10.3 Å². The van der Waals surface area contributed by atoms with Gasteiger partial charge >= 0.3 is 5.97 Å². The van der Waals surface area contributed by atoms with Crippen molar-refractivity contribution in [2.24, 2.45) is 0 Å². The number of hydrogen-bond donors (Lipinski definition) is 2. The van der Waals surface area contributed by atoms with Gasteiger partial charge in [0.1, 0.15) is 22.5 Å². The molecule has 0 aliphatic heterocycles. The number of aromatic nitrogens is 1. The number of hydrogen-bond acceptors (Lipinski definition) is 7. The van der Waals surface area contributed by atoms with E-state index in [9.17, 15) is 23.1 Å². The van der Waals surface area contributed by atoms with E-state index in [1.54, 1.807) is 18.3 Å². The average Bonchev–Trinajstić information content (AvgIpc) is 3.40. The summed E-state index contributed by atoms with van der Waals surface area (Å²) in [6.45, 7) is 2.34. The lowest BCUT2D eigenvalue weighted by Gasteiger charge is -2.17. The van der Waals surface area contributed by atoms with Crippen LogP contribution < -0.4 is 5.32 Å². The van der Waals surface area contributed by atoms with Crippen molar-refractivity contribution in [2.45, 2.75) is 32.6 Å². The van der Waals surface area contributed by atoms with E-state index in [0.717, 1.165) is 28.5 Å². The molecule has 0 fully saturated rings. The quantitative estimate of drug-likeness (QED) is 0.255. The third kappa shape index (κ3) is 7.64. The molecule has 0 aliphatic rings. The van der Waals surface area contributed by atoms with Crippen LogP contribution in [0.4, 0.5) is 0 Å². The van der Waals surface area contributed by atoms with Gasteiger partial charge in [0.25, 0.3) is 5.91 Å². The van der Waals surface area contributed by atoms with E-state index < -0.39 is 27.8 Å². The molecule has 2 N–H and O–H groups in total. The maximum absolute atomic E-state index is 13.2. The Morgan fingerprint density at radius 2 is 1.73 bits per heavy atom. The number of ether oxygens (including phenoxy) is 1. The first kappa shape index (κ1) is 28.7. The minimum absolute atomic E-state index is 0.197. The van der Waals surface area contributed by atoms with Crippen LogP contribution in [0.2, 0.25) is 0 Å². The molecule has 4 aromatic rings. The number of aryl methyl sites for hydroxylation is 1. The number of sulfone groups is 1. The standard InChI is InChI=1S/C30H30N2O7S/c1-20-8-6-7-11-24(20)26-16-21(18-38-19-23-17-31-29(39-23)22-9-4-3-5-10-22)12-13-25(26)28(33)32-27(30(34)35)14-15-40(2,36)37/h3-13,16-17,27H,14-15,18-19H2,1-2H3,(H,32,33)(H,34,35). The number of carboxylic acids is 1. The van der Waals surface area contributed by atoms with Crippen molar-refractivity contribution in [2.75, 3.05) is 12.0 Å². The molecule has 0 spiro atoms. The molecule has 0 aliphatic carbocycles. The fraction of sp³-hybridized carbons (Fsp3) is 0.233. The van der Waals surface area contributed by atoms with Crippen molar-refractivity contribution < 1.29 is 32.3 Å². The zero-order valence-electron chi connectivity index (χ0n) is 22.2. The smallest absolute Gasteiger partial charge is 0.326 e. The van der Waals surface area contributed by atoms with Gasteiger partial charge in [0.15, 0.2) is 5.76 Å². The van der Waals surface area contributed by atoms with Crippen molar-refractivity contribution in [1.29, 1.82) is 0 Å². The SMILES string of the molecule is Cc1ccccc1-c1cc(COCc2cnc(-c3ccccc3)o2)ccc1C(=O)NC(CCS(C)(=O)=O)C(=O)O. The van der Waals surface area contributed by atoms with Crippen LogP contribution in [0.25, 0.3) is 22.6 Å². The van der Waals surface area contributed by atoms with Gasteiger partial charge in [-0.2, -0.15) is 0 Å². The molecule has 208 valence electrons. The van der Waals surface area contributed by atoms with Crippen molar-refractivity contribution in [3.8, 4) is 22.6 Å². The number of rotatable bonds is 12. The monoisotopic (exact) mass is 562 g/mol. The van der Waals surface area contributed by atoms with Crippen LogP contribution >= 0.6 is 0 Å². The normalized spacial score (nSPS) is 12.2. The maximum atomic E-state index is 13.2. The van der Waals surface area contributed by atoms with E-state index in [2.05, 4.69) is 10.3 Å². The van der Waals surface area contributed by atoms with Gasteiger partial charge in [-0.1, -0.05) is 48.5 Å². The number of nitrogens with one attached hydrogen (secondary N) is 1. The first-order chi connectivity index (χ1) is 19.1. The molecule has 4 rings (SSSR count). The van der Waals surface area contributed by atoms with E-state index in [1.165, 1.54) is 0 Å². The van der Waals surface area contributed by atoms with Gasteiger partial charge in [0, 0.05) is 17.4 Å². The molecule has 1 heterocycles. The number of carbonyl (C=O) groups is 2. The summed E-state index contributed by atoms with van der Waals surface area (Å²) in [6.07, 6.45) is 2.41. The summed E-state index contributed by atoms with van der Waals surface area (Å²) in [7, 11) is -3.40. The number of aliphatic carboxylic acids is 1. The Bertz CT molecular complexity index is 1600. The Labute approximate surface area is 232 Å². The van der Waals surface area contributed by atoms with Crippen LogP contribution in [0.15, 0.2) is 83.4 Å². The zero-order chi connectivity index (χ0) is 28.7. The first-order valence-corrected chi connectivity index (χ1v) is 14.6.